The smallest absolute Gasteiger partial charge is 0.238 e. The first-order valence-electron chi connectivity index (χ1n) is 5.65. The molecule has 1 aromatic carbocycles. The number of pyridine rings is 1. The number of ether oxygens (including phenoxy) is 2. The molecule has 1 aromatic heterocycles. The number of aromatic nitrogens is 1. The summed E-state index contributed by atoms with van der Waals surface area (Å²) >= 11 is 0. The predicted molar refractivity (Wildman–Crippen MR) is 70.7 cm³/mol. The van der Waals surface area contributed by atoms with Crippen molar-refractivity contribution in [3.8, 4) is 17.7 Å². The van der Waals surface area contributed by atoms with Crippen LogP contribution in [0.25, 0.3) is 0 Å². The van der Waals surface area contributed by atoms with E-state index >= 15 is 0 Å². The van der Waals surface area contributed by atoms with Crippen LogP contribution in [0.3, 0.4) is 0 Å². The van der Waals surface area contributed by atoms with Gasteiger partial charge in [0.2, 0.25) is 5.88 Å². The van der Waals surface area contributed by atoms with Gasteiger partial charge in [-0.1, -0.05) is 12.1 Å². The third kappa shape index (κ3) is 2.93. The van der Waals surface area contributed by atoms with Gasteiger partial charge in [-0.25, -0.2) is 4.98 Å². The van der Waals surface area contributed by atoms with Crippen LogP contribution in [0, 0.1) is 11.3 Å². The minimum atomic E-state index is 0.263. The van der Waals surface area contributed by atoms with E-state index in [0.717, 1.165) is 11.3 Å². The molecule has 5 heteroatoms. The Morgan fingerprint density at radius 1 is 1.26 bits per heavy atom. The van der Waals surface area contributed by atoms with Crippen molar-refractivity contribution < 1.29 is 9.47 Å². The van der Waals surface area contributed by atoms with Crippen molar-refractivity contribution in [1.82, 2.24) is 4.98 Å². The minimum Gasteiger partial charge on any atom is -0.497 e. The molecule has 0 aliphatic rings. The Morgan fingerprint density at radius 2 is 2.00 bits per heavy atom. The molecule has 0 saturated carbocycles. The summed E-state index contributed by atoms with van der Waals surface area (Å²) in [6.07, 6.45) is 1.50. The summed E-state index contributed by atoms with van der Waals surface area (Å²) in [5.74, 6) is 1.06. The fourth-order valence-corrected chi connectivity index (χ4v) is 1.54. The van der Waals surface area contributed by atoms with Gasteiger partial charge in [0.1, 0.15) is 24.1 Å². The van der Waals surface area contributed by atoms with Gasteiger partial charge in [0.05, 0.1) is 12.7 Å². The summed E-state index contributed by atoms with van der Waals surface area (Å²) in [4.78, 5) is 4.01. The molecule has 0 amide bonds. The van der Waals surface area contributed by atoms with Gasteiger partial charge in [0.15, 0.2) is 0 Å². The largest absolute Gasteiger partial charge is 0.497 e. The number of rotatable bonds is 4. The molecule has 1 heterocycles. The van der Waals surface area contributed by atoms with E-state index in [1.54, 1.807) is 13.2 Å². The zero-order valence-corrected chi connectivity index (χ0v) is 10.5. The van der Waals surface area contributed by atoms with Gasteiger partial charge in [-0.2, -0.15) is 5.26 Å². The van der Waals surface area contributed by atoms with Crippen molar-refractivity contribution in [2.45, 2.75) is 6.61 Å². The van der Waals surface area contributed by atoms with Crippen LogP contribution in [0.15, 0.2) is 36.5 Å². The lowest BCUT2D eigenvalue weighted by Crippen LogP contribution is -2.02. The molecule has 0 atom stereocenters. The maximum Gasteiger partial charge on any atom is 0.238 e. The number of nitrogens with zero attached hydrogens (tertiary/aromatic N) is 2. The Hall–Kier alpha value is -2.74. The van der Waals surface area contributed by atoms with Gasteiger partial charge >= 0.3 is 0 Å². The molecule has 0 aliphatic carbocycles. The summed E-state index contributed by atoms with van der Waals surface area (Å²) in [6, 6.07) is 11.0. The van der Waals surface area contributed by atoms with E-state index in [4.69, 9.17) is 20.5 Å². The third-order valence-electron chi connectivity index (χ3n) is 2.61. The van der Waals surface area contributed by atoms with Crippen molar-refractivity contribution in [3.05, 3.63) is 47.7 Å². The number of anilines is 1. The van der Waals surface area contributed by atoms with E-state index in [2.05, 4.69) is 4.98 Å². The molecule has 0 spiro atoms. The molecule has 0 aliphatic heterocycles. The van der Waals surface area contributed by atoms with E-state index in [-0.39, 0.29) is 11.6 Å². The number of benzene rings is 1. The third-order valence-corrected chi connectivity index (χ3v) is 2.61. The van der Waals surface area contributed by atoms with Crippen molar-refractivity contribution in [1.29, 1.82) is 5.26 Å². The van der Waals surface area contributed by atoms with Gasteiger partial charge in [-0.05, 0) is 23.8 Å². The molecule has 0 fully saturated rings. The van der Waals surface area contributed by atoms with Gasteiger partial charge in [0, 0.05) is 6.20 Å². The van der Waals surface area contributed by atoms with Crippen molar-refractivity contribution >= 4 is 5.69 Å². The highest BCUT2D eigenvalue weighted by Crippen LogP contribution is 2.22. The Bertz CT molecular complexity index is 603. The Kier molecular flexibility index (Phi) is 3.84. The Balaban J connectivity index is 2.08. The lowest BCUT2D eigenvalue weighted by atomic mass is 10.2. The second-order valence-corrected chi connectivity index (χ2v) is 3.83. The maximum atomic E-state index is 8.86. The Morgan fingerprint density at radius 3 is 2.63 bits per heavy atom. The molecular weight excluding hydrogens is 242 g/mol. The zero-order valence-electron chi connectivity index (χ0n) is 10.5. The number of hydrogen-bond acceptors (Lipinski definition) is 5. The number of nitriles is 1. The maximum absolute atomic E-state index is 8.86. The second-order valence-electron chi connectivity index (χ2n) is 3.83. The minimum absolute atomic E-state index is 0.263. The molecular formula is C14H13N3O2. The summed E-state index contributed by atoms with van der Waals surface area (Å²) < 4.78 is 10.6. The molecule has 2 N–H and O–H groups in total. The summed E-state index contributed by atoms with van der Waals surface area (Å²) in [6.45, 7) is 0.329. The average Bonchev–Trinajstić information content (AvgIpc) is 2.47. The van der Waals surface area contributed by atoms with Gasteiger partial charge < -0.3 is 15.2 Å². The molecule has 96 valence electrons. The zero-order chi connectivity index (χ0) is 13.7. The molecule has 0 saturated heterocycles. The van der Waals surface area contributed by atoms with E-state index in [1.165, 1.54) is 6.20 Å². The second kappa shape index (κ2) is 5.74. The highest BCUT2D eigenvalue weighted by molar-refractivity contribution is 5.59. The Labute approximate surface area is 111 Å². The van der Waals surface area contributed by atoms with Crippen LogP contribution in [-0.4, -0.2) is 12.1 Å². The quantitative estimate of drug-likeness (QED) is 0.905. The lowest BCUT2D eigenvalue weighted by molar-refractivity contribution is 0.295. The summed E-state index contributed by atoms with van der Waals surface area (Å²) in [5.41, 5.74) is 7.36. The van der Waals surface area contributed by atoms with Crippen LogP contribution in [-0.2, 0) is 6.61 Å². The van der Waals surface area contributed by atoms with Crippen LogP contribution in [0.2, 0.25) is 0 Å². The lowest BCUT2D eigenvalue weighted by Gasteiger charge is -2.08. The van der Waals surface area contributed by atoms with Crippen LogP contribution in [0.5, 0.6) is 11.6 Å². The molecule has 5 nitrogen and oxygen atoms in total. The fourth-order valence-electron chi connectivity index (χ4n) is 1.54. The molecule has 0 radical (unpaired) electrons. The molecule has 0 unspecified atom stereocenters. The predicted octanol–water partition coefficient (Wildman–Crippen LogP) is 2.12. The standard InChI is InChI=1S/C14H13N3O2/c1-18-12-4-2-10(3-5-12)9-19-14-13(16)11(8-15)6-7-17-14/h2-7H,9,16H2,1H3. The SMILES string of the molecule is COc1ccc(COc2nccc(C#N)c2N)cc1. The fraction of sp³-hybridized carbons (Fsp3) is 0.143. The topological polar surface area (TPSA) is 81.2 Å². The first-order chi connectivity index (χ1) is 9.24. The molecule has 2 aromatic rings. The van der Waals surface area contributed by atoms with Crippen LogP contribution >= 0.6 is 0 Å². The van der Waals surface area contributed by atoms with Crippen LogP contribution in [0.4, 0.5) is 5.69 Å². The number of nitrogens with two attached hydrogens (primary N) is 1. The van der Waals surface area contributed by atoms with Crippen molar-refractivity contribution in [2.24, 2.45) is 0 Å². The highest BCUT2D eigenvalue weighted by Gasteiger charge is 2.07. The average molecular weight is 255 g/mol. The molecule has 2 rings (SSSR count). The summed E-state index contributed by atoms with van der Waals surface area (Å²) in [5, 5.41) is 8.86. The highest BCUT2D eigenvalue weighted by atomic mass is 16.5. The van der Waals surface area contributed by atoms with E-state index in [9.17, 15) is 0 Å². The number of nitrogen functional groups attached to an aromatic ring is 1. The van der Waals surface area contributed by atoms with Crippen molar-refractivity contribution in [2.75, 3.05) is 12.8 Å². The van der Waals surface area contributed by atoms with Crippen LogP contribution in [0.1, 0.15) is 11.1 Å². The van der Waals surface area contributed by atoms with E-state index < -0.39 is 0 Å². The first-order valence-corrected chi connectivity index (χ1v) is 5.65. The monoisotopic (exact) mass is 255 g/mol. The number of hydrogen-bond donors (Lipinski definition) is 1. The van der Waals surface area contributed by atoms with Gasteiger partial charge in [-0.15, -0.1) is 0 Å². The first kappa shape index (κ1) is 12.7. The van der Waals surface area contributed by atoms with E-state index in [1.807, 2.05) is 30.3 Å². The van der Waals surface area contributed by atoms with Crippen LogP contribution < -0.4 is 15.2 Å². The van der Waals surface area contributed by atoms with Gasteiger partial charge in [-0.3, -0.25) is 0 Å². The molecule has 0 bridgehead atoms. The van der Waals surface area contributed by atoms with E-state index in [0.29, 0.717) is 12.2 Å². The summed E-state index contributed by atoms with van der Waals surface area (Å²) in [7, 11) is 1.61. The van der Waals surface area contributed by atoms with Crippen molar-refractivity contribution in [3.63, 3.8) is 0 Å². The van der Waals surface area contributed by atoms with Gasteiger partial charge in [0.25, 0.3) is 0 Å². The molecule has 19 heavy (non-hydrogen) atoms. The normalized spacial score (nSPS) is 9.68. The number of methoxy groups -OCH3 is 1.